The van der Waals surface area contributed by atoms with Crippen LogP contribution in [0.1, 0.15) is 37.5 Å². The van der Waals surface area contributed by atoms with Gasteiger partial charge in [0.15, 0.2) is 16.7 Å². The van der Waals surface area contributed by atoms with Gasteiger partial charge < -0.3 is 19.1 Å². The van der Waals surface area contributed by atoms with Crippen LogP contribution in [0.15, 0.2) is 36.7 Å². The van der Waals surface area contributed by atoms with Crippen molar-refractivity contribution >= 4 is 41.7 Å². The third-order valence-corrected chi connectivity index (χ3v) is 8.15. The van der Waals surface area contributed by atoms with Crippen LogP contribution in [0, 0.1) is 5.82 Å². The number of hydrogen-bond acceptors (Lipinski definition) is 8. The molecular formula is C27H29B2ClFN6O4P. The predicted octanol–water partition coefficient (Wildman–Crippen LogP) is 5.27. The Kier molecular flexibility index (Phi) is 9.25. The first-order valence-corrected chi connectivity index (χ1v) is 14.9. The minimum Gasteiger partial charge on any atom is -0.485 e. The first-order chi connectivity index (χ1) is 20.2. The fraction of sp³-hybridized carbons (Fsp3) is 0.370. The van der Waals surface area contributed by atoms with Crippen molar-refractivity contribution in [3.63, 3.8) is 0 Å². The topological polar surface area (TPSA) is 97.5 Å². The minimum absolute atomic E-state index is 0.00280. The van der Waals surface area contributed by atoms with Crippen LogP contribution >= 0.6 is 20.2 Å². The molecule has 10 nitrogen and oxygen atoms in total. The number of halogens is 2. The van der Waals surface area contributed by atoms with E-state index in [1.807, 2.05) is 20.8 Å². The van der Waals surface area contributed by atoms with Crippen molar-refractivity contribution in [3.8, 4) is 28.3 Å². The molecule has 0 unspecified atom stereocenters. The molecule has 3 aromatic heterocycles. The number of nitrogens with one attached hydrogen (secondary N) is 1. The van der Waals surface area contributed by atoms with E-state index in [0.29, 0.717) is 70.5 Å². The van der Waals surface area contributed by atoms with Crippen molar-refractivity contribution in [2.24, 2.45) is 7.05 Å². The van der Waals surface area contributed by atoms with E-state index in [4.69, 9.17) is 45.6 Å². The molecule has 1 aliphatic heterocycles. The molecule has 1 N–H and O–H groups in total. The third-order valence-electron chi connectivity index (χ3n) is 6.61. The van der Waals surface area contributed by atoms with Gasteiger partial charge in [-0.15, -0.1) is 0 Å². The van der Waals surface area contributed by atoms with E-state index in [-0.39, 0.29) is 18.5 Å². The van der Waals surface area contributed by atoms with Gasteiger partial charge in [0.2, 0.25) is 0 Å². The van der Waals surface area contributed by atoms with Crippen molar-refractivity contribution in [2.45, 2.75) is 39.1 Å². The Labute approximate surface area is 252 Å². The van der Waals surface area contributed by atoms with Crippen molar-refractivity contribution in [3.05, 3.63) is 64.3 Å². The standard InChI is InChI=1S/C27H29B2ClFN6O4P/c1-5-37-24-16-11-21(26(32-12-16)33-15-41-42(39-6-2)40-7-3)38-14-17-10-18(31)8-9-19(17)23-20(13-36(4)34-23)27(28,29)22(24)25(30)35-37/h8-13H,5-7,14-15H2,1-4H3,(H,32,33). The Hall–Kier alpha value is -2.95. The molecule has 15 heteroatoms. The smallest absolute Gasteiger partial charge is 0.334 e. The Morgan fingerprint density at radius 2 is 1.90 bits per heavy atom. The monoisotopic (exact) mass is 608 g/mol. The number of rotatable bonds is 9. The zero-order chi connectivity index (χ0) is 30.0. The Morgan fingerprint density at radius 3 is 2.62 bits per heavy atom. The van der Waals surface area contributed by atoms with Crippen molar-refractivity contribution in [1.29, 1.82) is 0 Å². The molecule has 0 aliphatic carbocycles. The van der Waals surface area contributed by atoms with Gasteiger partial charge in [-0.1, -0.05) is 11.6 Å². The first-order valence-electron chi connectivity index (χ1n) is 13.4. The molecule has 42 heavy (non-hydrogen) atoms. The van der Waals surface area contributed by atoms with Gasteiger partial charge in [-0.05, 0) is 55.8 Å². The van der Waals surface area contributed by atoms with Crippen LogP contribution in [-0.4, -0.2) is 60.2 Å². The molecule has 0 atom stereocenters. The fourth-order valence-corrected chi connectivity index (χ4v) is 5.96. The molecular weight excluding hydrogens is 579 g/mol. The van der Waals surface area contributed by atoms with Gasteiger partial charge in [-0.3, -0.25) is 13.9 Å². The van der Waals surface area contributed by atoms with Gasteiger partial charge in [0.25, 0.3) is 0 Å². The molecule has 1 aromatic carbocycles. The van der Waals surface area contributed by atoms with E-state index in [2.05, 4.69) is 20.5 Å². The molecule has 2 bridgehead atoms. The van der Waals surface area contributed by atoms with Crippen LogP contribution < -0.4 is 10.1 Å². The van der Waals surface area contributed by atoms with E-state index >= 15 is 0 Å². The second kappa shape index (κ2) is 12.7. The number of hydrogen-bond donors (Lipinski definition) is 1. The molecule has 216 valence electrons. The van der Waals surface area contributed by atoms with Crippen molar-refractivity contribution in [2.75, 3.05) is 25.3 Å². The Bertz CT molecular complexity index is 1580. The summed E-state index contributed by atoms with van der Waals surface area (Å²) in [7, 11) is 14.1. The lowest BCUT2D eigenvalue weighted by atomic mass is 9.47. The summed E-state index contributed by atoms with van der Waals surface area (Å²) in [4.78, 5) is 4.62. The lowest BCUT2D eigenvalue weighted by Gasteiger charge is -2.28. The largest absolute Gasteiger partial charge is 0.485 e. The summed E-state index contributed by atoms with van der Waals surface area (Å²) in [6.07, 6.45) is 3.38. The molecule has 0 amide bonds. The minimum atomic E-state index is -1.63. The van der Waals surface area contributed by atoms with E-state index in [0.717, 1.165) is 0 Å². The van der Waals surface area contributed by atoms with Crippen molar-refractivity contribution < 1.29 is 22.7 Å². The highest BCUT2D eigenvalue weighted by Crippen LogP contribution is 2.44. The highest BCUT2D eigenvalue weighted by molar-refractivity contribution is 7.41. The molecule has 0 saturated carbocycles. The summed E-state index contributed by atoms with van der Waals surface area (Å²) in [6, 6.07) is 6.16. The summed E-state index contributed by atoms with van der Waals surface area (Å²) in [5.74, 6) is 0.329. The maximum atomic E-state index is 14.5. The highest BCUT2D eigenvalue weighted by atomic mass is 35.5. The number of benzene rings is 1. The fourth-order valence-electron chi connectivity index (χ4n) is 4.81. The Morgan fingerprint density at radius 1 is 1.14 bits per heavy atom. The maximum absolute atomic E-state index is 14.5. The van der Waals surface area contributed by atoms with E-state index < -0.39 is 19.6 Å². The summed E-state index contributed by atoms with van der Waals surface area (Å²) >= 11 is 6.73. The molecule has 0 saturated heterocycles. The Balaban J connectivity index is 1.66. The number of anilines is 1. The number of aryl methyl sites for hydroxylation is 2. The molecule has 0 fully saturated rings. The van der Waals surface area contributed by atoms with Crippen LogP contribution in [0.4, 0.5) is 10.2 Å². The maximum Gasteiger partial charge on any atom is 0.334 e. The number of nitrogens with zero attached hydrogens (tertiary/aromatic N) is 5. The second-order valence-corrected chi connectivity index (χ2v) is 11.0. The van der Waals surface area contributed by atoms with Crippen LogP contribution in [0.2, 0.25) is 5.15 Å². The summed E-state index contributed by atoms with van der Waals surface area (Å²) < 4.78 is 40.9. The summed E-state index contributed by atoms with van der Waals surface area (Å²) in [6.45, 7) is 7.06. The second-order valence-electron chi connectivity index (χ2n) is 9.43. The summed E-state index contributed by atoms with van der Waals surface area (Å²) in [5.41, 5.74) is 3.69. The number of aromatic nitrogens is 5. The lowest BCUT2D eigenvalue weighted by molar-refractivity contribution is 0.178. The van der Waals surface area contributed by atoms with Crippen LogP contribution in [0.25, 0.3) is 22.5 Å². The average molecular weight is 609 g/mol. The van der Waals surface area contributed by atoms with Gasteiger partial charge >= 0.3 is 8.60 Å². The zero-order valence-electron chi connectivity index (χ0n) is 23.7. The van der Waals surface area contributed by atoms with E-state index in [9.17, 15) is 4.39 Å². The van der Waals surface area contributed by atoms with Crippen molar-refractivity contribution in [1.82, 2.24) is 24.5 Å². The van der Waals surface area contributed by atoms with E-state index in [1.165, 1.54) is 12.1 Å². The lowest BCUT2D eigenvalue weighted by Crippen LogP contribution is -2.30. The molecule has 0 spiro atoms. The quantitative estimate of drug-likeness (QED) is 0.156. The van der Waals surface area contributed by atoms with Crippen LogP contribution in [-0.2, 0) is 39.0 Å². The number of ether oxygens (including phenoxy) is 1. The van der Waals surface area contributed by atoms with Crippen LogP contribution in [0.5, 0.6) is 5.75 Å². The number of fused-ring (bicyclic) bond motifs is 7. The normalized spacial score (nSPS) is 13.9. The highest BCUT2D eigenvalue weighted by Gasteiger charge is 2.36. The van der Waals surface area contributed by atoms with Gasteiger partial charge in [-0.25, -0.2) is 9.37 Å². The summed E-state index contributed by atoms with van der Waals surface area (Å²) in [5, 5.41) is 10.8. The SMILES string of the molecule is [B]C1([B])c2cn(C)nc2-c2ccc(F)cc2COc2cc(cnc2NCOP(OCC)OCC)-c2c1c(Cl)nn2CC. The van der Waals surface area contributed by atoms with Gasteiger partial charge in [-0.2, -0.15) is 10.2 Å². The zero-order valence-corrected chi connectivity index (χ0v) is 25.4. The average Bonchev–Trinajstić information content (AvgIpc) is 3.52. The van der Waals surface area contributed by atoms with E-state index in [1.54, 1.807) is 40.9 Å². The molecule has 4 heterocycles. The third kappa shape index (κ3) is 5.94. The number of pyridine rings is 1. The van der Waals surface area contributed by atoms with Crippen LogP contribution in [0.3, 0.4) is 0 Å². The first kappa shape index (κ1) is 30.5. The molecule has 1 aliphatic rings. The van der Waals surface area contributed by atoms with Gasteiger partial charge in [0.1, 0.15) is 19.2 Å². The predicted molar refractivity (Wildman–Crippen MR) is 161 cm³/mol. The molecule has 5 rings (SSSR count). The molecule has 4 radical (unpaired) electrons. The van der Waals surface area contributed by atoms with Gasteiger partial charge in [0.05, 0.1) is 40.3 Å². The molecule has 4 aromatic rings. The van der Waals surface area contributed by atoms with Gasteiger partial charge in [0, 0.05) is 48.2 Å².